The maximum Gasteiger partial charge on any atom is 0.198 e. The Hall–Kier alpha value is -2.57. The van der Waals surface area contributed by atoms with Crippen LogP contribution >= 0.6 is 11.6 Å². The van der Waals surface area contributed by atoms with Crippen molar-refractivity contribution in [3.05, 3.63) is 64.4 Å². The van der Waals surface area contributed by atoms with Crippen LogP contribution in [0.25, 0.3) is 11.0 Å². The molecule has 2 atom stereocenters. The van der Waals surface area contributed by atoms with Crippen LogP contribution in [0.15, 0.2) is 57.2 Å². The van der Waals surface area contributed by atoms with E-state index in [1.807, 2.05) is 18.2 Å². The fraction of sp³-hybridized carbons (Fsp3) is 0.300. The molecule has 1 aliphatic rings. The van der Waals surface area contributed by atoms with Gasteiger partial charge in [-0.05, 0) is 54.8 Å². The van der Waals surface area contributed by atoms with Gasteiger partial charge in [-0.2, -0.15) is 5.43 Å². The first-order chi connectivity index (χ1) is 13.1. The highest BCUT2D eigenvalue weighted by molar-refractivity contribution is 6.31. The highest BCUT2D eigenvalue weighted by atomic mass is 35.5. The summed E-state index contributed by atoms with van der Waals surface area (Å²) >= 11 is 6.40. The zero-order valence-electron chi connectivity index (χ0n) is 15.3. The van der Waals surface area contributed by atoms with Crippen molar-refractivity contribution in [3.63, 3.8) is 0 Å². The van der Waals surface area contributed by atoms with E-state index in [-0.39, 0.29) is 12.2 Å². The second-order valence-electron chi connectivity index (χ2n) is 6.74. The lowest BCUT2D eigenvalue weighted by Crippen LogP contribution is -2.23. The van der Waals surface area contributed by atoms with Crippen LogP contribution in [0, 0.1) is 0 Å². The van der Waals surface area contributed by atoms with Crippen LogP contribution < -0.4 is 16.3 Å². The first-order valence-corrected chi connectivity index (χ1v) is 9.50. The smallest absolute Gasteiger partial charge is 0.198 e. The van der Waals surface area contributed by atoms with Crippen molar-refractivity contribution < 1.29 is 4.42 Å². The van der Waals surface area contributed by atoms with Crippen LogP contribution in [-0.4, -0.2) is 0 Å². The minimum absolute atomic E-state index is 0.131. The summed E-state index contributed by atoms with van der Waals surface area (Å²) in [6, 6.07) is 14.5. The number of benzene rings is 2. The van der Waals surface area contributed by atoms with Crippen LogP contribution in [0.2, 0.25) is 5.02 Å². The Balaban J connectivity index is 1.52. The zero-order chi connectivity index (χ0) is 18.8. The molecule has 4 rings (SSSR count). The van der Waals surface area contributed by atoms with Gasteiger partial charge in [0.15, 0.2) is 6.17 Å². The van der Waals surface area contributed by atoms with Crippen LogP contribution in [0.4, 0.5) is 5.69 Å². The molecule has 0 amide bonds. The van der Waals surface area contributed by atoms with E-state index in [0.717, 1.165) is 40.3 Å². The topological polar surface area (TPSA) is 74.0 Å². The highest BCUT2D eigenvalue weighted by Crippen LogP contribution is 2.30. The van der Waals surface area contributed by atoms with Crippen molar-refractivity contribution in [3.8, 4) is 0 Å². The maximum atomic E-state index is 6.40. The molecule has 0 radical (unpaired) electrons. The number of anilines is 1. The Labute approximate surface area is 162 Å². The molecule has 0 fully saturated rings. The van der Waals surface area contributed by atoms with Crippen molar-refractivity contribution in [1.29, 1.82) is 0 Å². The van der Waals surface area contributed by atoms with Crippen LogP contribution in [-0.2, 0) is 6.42 Å². The van der Waals surface area contributed by atoms with Gasteiger partial charge in [-0.25, -0.2) is 5.53 Å². The van der Waals surface area contributed by atoms with Gasteiger partial charge in [0.1, 0.15) is 11.3 Å². The molecule has 0 spiro atoms. The van der Waals surface area contributed by atoms with Gasteiger partial charge >= 0.3 is 0 Å². The molecule has 2 unspecified atom stereocenters. The number of hydrogen-bond acceptors (Lipinski definition) is 6. The largest absolute Gasteiger partial charge is 0.457 e. The van der Waals surface area contributed by atoms with Gasteiger partial charge in [0.2, 0.25) is 0 Å². The van der Waals surface area contributed by atoms with Crippen LogP contribution in [0.5, 0.6) is 0 Å². The van der Waals surface area contributed by atoms with Gasteiger partial charge < -0.3 is 9.73 Å². The van der Waals surface area contributed by atoms with E-state index in [1.165, 1.54) is 11.1 Å². The summed E-state index contributed by atoms with van der Waals surface area (Å²) in [6.45, 7) is 4.29. The number of nitrogens with zero attached hydrogens (tertiary/aromatic N) is 2. The minimum Gasteiger partial charge on any atom is -0.457 e. The molecule has 3 N–H and O–H groups in total. The molecule has 0 saturated heterocycles. The van der Waals surface area contributed by atoms with E-state index in [9.17, 15) is 0 Å². The Morgan fingerprint density at radius 1 is 1.22 bits per heavy atom. The SMILES string of the molecule is CCCc1ccc(NC(C)c2ccc3oc(C4N=NNN4)cc3c2)cc1Cl. The fourth-order valence-corrected chi connectivity index (χ4v) is 3.54. The van der Waals surface area contributed by atoms with E-state index in [0.29, 0.717) is 0 Å². The summed E-state index contributed by atoms with van der Waals surface area (Å²) in [5.41, 5.74) is 9.74. The molecular weight excluding hydrogens is 362 g/mol. The Bertz CT molecular complexity index is 984. The number of nitrogens with one attached hydrogen (secondary N) is 3. The van der Waals surface area contributed by atoms with Crippen LogP contribution in [0.1, 0.15) is 49.4 Å². The molecule has 2 aromatic carbocycles. The Kier molecular flexibility index (Phi) is 5.01. The average molecular weight is 384 g/mol. The molecule has 0 bridgehead atoms. The monoisotopic (exact) mass is 383 g/mol. The Morgan fingerprint density at radius 3 is 2.85 bits per heavy atom. The molecule has 7 heteroatoms. The first kappa shape index (κ1) is 17.8. The molecule has 140 valence electrons. The lowest BCUT2D eigenvalue weighted by atomic mass is 10.1. The fourth-order valence-electron chi connectivity index (χ4n) is 3.26. The van der Waals surface area contributed by atoms with Crippen molar-refractivity contribution in [1.82, 2.24) is 11.0 Å². The van der Waals surface area contributed by atoms with Gasteiger partial charge in [0.25, 0.3) is 0 Å². The van der Waals surface area contributed by atoms with Gasteiger partial charge in [-0.3, -0.25) is 0 Å². The number of hydrogen-bond donors (Lipinski definition) is 3. The van der Waals surface area contributed by atoms with Crippen molar-refractivity contribution in [2.24, 2.45) is 10.3 Å². The third-order valence-electron chi connectivity index (χ3n) is 4.71. The lowest BCUT2D eigenvalue weighted by Gasteiger charge is -2.17. The van der Waals surface area contributed by atoms with E-state index in [4.69, 9.17) is 16.0 Å². The predicted molar refractivity (Wildman–Crippen MR) is 108 cm³/mol. The molecule has 3 aromatic rings. The second kappa shape index (κ2) is 7.58. The summed E-state index contributed by atoms with van der Waals surface area (Å²) in [7, 11) is 0. The van der Waals surface area contributed by atoms with Crippen LogP contribution in [0.3, 0.4) is 0 Å². The lowest BCUT2D eigenvalue weighted by molar-refractivity contribution is 0.446. The molecular formula is C20H22ClN5O. The second-order valence-corrected chi connectivity index (χ2v) is 7.15. The number of hydrazine groups is 1. The third kappa shape index (κ3) is 3.77. The minimum atomic E-state index is -0.292. The number of fused-ring (bicyclic) bond motifs is 1. The Morgan fingerprint density at radius 2 is 2.11 bits per heavy atom. The number of halogens is 1. The van der Waals surface area contributed by atoms with E-state index in [2.05, 4.69) is 64.7 Å². The normalized spacial score (nSPS) is 17.2. The molecule has 6 nitrogen and oxygen atoms in total. The number of rotatable bonds is 6. The van der Waals surface area contributed by atoms with Crippen molar-refractivity contribution in [2.75, 3.05) is 5.32 Å². The van der Waals surface area contributed by atoms with Gasteiger partial charge in [0, 0.05) is 22.1 Å². The maximum absolute atomic E-state index is 6.40. The van der Waals surface area contributed by atoms with Gasteiger partial charge in [-0.15, -0.1) is 5.11 Å². The van der Waals surface area contributed by atoms with Gasteiger partial charge in [0.05, 0.1) is 0 Å². The molecule has 1 aliphatic heterocycles. The molecule has 1 aromatic heterocycles. The van der Waals surface area contributed by atoms with Crippen molar-refractivity contribution in [2.45, 2.75) is 38.9 Å². The van der Waals surface area contributed by atoms with E-state index >= 15 is 0 Å². The summed E-state index contributed by atoms with van der Waals surface area (Å²) in [6.07, 6.45) is 1.79. The summed E-state index contributed by atoms with van der Waals surface area (Å²) in [5.74, 6) is 0.731. The summed E-state index contributed by atoms with van der Waals surface area (Å²) < 4.78 is 5.86. The quantitative estimate of drug-likeness (QED) is 0.511. The average Bonchev–Trinajstić information content (AvgIpc) is 3.32. The standard InChI is InChI=1S/C20H22ClN5O/c1-3-4-13-5-7-16(11-17(13)21)22-12(2)14-6-8-18-15(9-14)10-19(27-18)20-23-25-26-24-20/h5-12,20,22H,3-4H2,1-2H3,(H,23,26)(H,24,25). The number of aryl methyl sites for hydroxylation is 1. The molecule has 0 saturated carbocycles. The van der Waals surface area contributed by atoms with Gasteiger partial charge in [-0.1, -0.05) is 42.3 Å². The summed E-state index contributed by atoms with van der Waals surface area (Å²) in [5, 5.41) is 13.1. The molecule has 2 heterocycles. The van der Waals surface area contributed by atoms with Crippen molar-refractivity contribution >= 4 is 28.3 Å². The molecule has 27 heavy (non-hydrogen) atoms. The highest BCUT2D eigenvalue weighted by Gasteiger charge is 2.19. The first-order valence-electron chi connectivity index (χ1n) is 9.13. The number of furan rings is 1. The predicted octanol–water partition coefficient (Wildman–Crippen LogP) is 5.69. The molecule has 0 aliphatic carbocycles. The van der Waals surface area contributed by atoms with E-state index < -0.39 is 0 Å². The van der Waals surface area contributed by atoms with E-state index in [1.54, 1.807) is 0 Å². The zero-order valence-corrected chi connectivity index (χ0v) is 16.0. The third-order valence-corrected chi connectivity index (χ3v) is 5.06. The summed E-state index contributed by atoms with van der Waals surface area (Å²) in [4.78, 5) is 0.